The zero-order valence-corrected chi connectivity index (χ0v) is 13.2. The Morgan fingerprint density at radius 2 is 2.05 bits per heavy atom. The summed E-state index contributed by atoms with van der Waals surface area (Å²) < 4.78 is 1.94. The van der Waals surface area contributed by atoms with E-state index < -0.39 is 0 Å². The lowest BCUT2D eigenvalue weighted by atomic mass is 10.0. The Balaban J connectivity index is 2.25. The van der Waals surface area contributed by atoms with Crippen LogP contribution in [-0.4, -0.2) is 20.5 Å². The van der Waals surface area contributed by atoms with E-state index in [1.54, 1.807) is 0 Å². The SMILES string of the molecule is CCC[C@@H](C)C(=O)N[C@H](c1nnc2ccccn12)C(C)C. The fourth-order valence-electron chi connectivity index (χ4n) is 2.46. The average Bonchev–Trinajstić information content (AvgIpc) is 2.88. The molecule has 2 aromatic heterocycles. The standard InChI is InChI=1S/C16H24N4O/c1-5-8-12(4)16(21)17-14(11(2)3)15-19-18-13-9-6-7-10-20(13)15/h6-7,9-12,14H,5,8H2,1-4H3,(H,17,21)/t12-,14+/m1/s1. The van der Waals surface area contributed by atoms with Crippen LogP contribution in [0.25, 0.3) is 5.65 Å². The van der Waals surface area contributed by atoms with Gasteiger partial charge in [-0.15, -0.1) is 10.2 Å². The maximum absolute atomic E-state index is 12.3. The van der Waals surface area contributed by atoms with Crippen LogP contribution in [0.5, 0.6) is 0 Å². The summed E-state index contributed by atoms with van der Waals surface area (Å²) in [7, 11) is 0. The van der Waals surface area contributed by atoms with E-state index >= 15 is 0 Å². The van der Waals surface area contributed by atoms with Crippen molar-refractivity contribution in [2.45, 2.75) is 46.6 Å². The van der Waals surface area contributed by atoms with E-state index in [1.165, 1.54) is 0 Å². The van der Waals surface area contributed by atoms with Gasteiger partial charge in [0.25, 0.3) is 0 Å². The zero-order valence-electron chi connectivity index (χ0n) is 13.2. The molecule has 21 heavy (non-hydrogen) atoms. The first kappa shape index (κ1) is 15.5. The molecule has 0 aliphatic heterocycles. The Kier molecular flexibility index (Phi) is 4.94. The van der Waals surface area contributed by atoms with Crippen LogP contribution in [-0.2, 0) is 4.79 Å². The summed E-state index contributed by atoms with van der Waals surface area (Å²) in [5.74, 6) is 1.15. The molecule has 5 heteroatoms. The maximum atomic E-state index is 12.3. The van der Waals surface area contributed by atoms with Crippen LogP contribution in [0.1, 0.15) is 52.4 Å². The van der Waals surface area contributed by atoms with Crippen molar-refractivity contribution in [1.29, 1.82) is 0 Å². The first-order chi connectivity index (χ1) is 10.0. The quantitative estimate of drug-likeness (QED) is 0.889. The molecular formula is C16H24N4O. The zero-order chi connectivity index (χ0) is 15.4. The predicted octanol–water partition coefficient (Wildman–Crippen LogP) is 2.98. The third-order valence-electron chi connectivity index (χ3n) is 3.75. The molecule has 0 radical (unpaired) electrons. The lowest BCUT2D eigenvalue weighted by molar-refractivity contribution is -0.125. The summed E-state index contributed by atoms with van der Waals surface area (Å²) in [6.45, 7) is 8.23. The highest BCUT2D eigenvalue weighted by molar-refractivity contribution is 5.78. The number of hydrogen-bond acceptors (Lipinski definition) is 3. The van der Waals surface area contributed by atoms with Crippen LogP contribution >= 0.6 is 0 Å². The topological polar surface area (TPSA) is 59.3 Å². The molecular weight excluding hydrogens is 264 g/mol. The van der Waals surface area contributed by atoms with Gasteiger partial charge in [0.2, 0.25) is 5.91 Å². The molecule has 0 bridgehead atoms. The van der Waals surface area contributed by atoms with Crippen molar-refractivity contribution in [3.8, 4) is 0 Å². The minimum absolute atomic E-state index is 0.0236. The average molecular weight is 288 g/mol. The third kappa shape index (κ3) is 3.40. The number of amides is 1. The van der Waals surface area contributed by atoms with Crippen molar-refractivity contribution in [2.75, 3.05) is 0 Å². The second-order valence-corrected chi connectivity index (χ2v) is 5.91. The normalized spacial score (nSPS) is 14.3. The molecule has 2 aromatic rings. The lowest BCUT2D eigenvalue weighted by Crippen LogP contribution is -2.36. The van der Waals surface area contributed by atoms with Crippen molar-refractivity contribution < 1.29 is 4.79 Å². The monoisotopic (exact) mass is 288 g/mol. The van der Waals surface area contributed by atoms with E-state index in [9.17, 15) is 4.79 Å². The molecule has 0 spiro atoms. The molecule has 0 aliphatic rings. The first-order valence-corrected chi connectivity index (χ1v) is 7.64. The Morgan fingerprint density at radius 3 is 2.71 bits per heavy atom. The molecule has 2 atom stereocenters. The van der Waals surface area contributed by atoms with E-state index in [4.69, 9.17) is 0 Å². The van der Waals surface area contributed by atoms with Gasteiger partial charge in [-0.3, -0.25) is 9.20 Å². The minimum atomic E-state index is -0.130. The number of rotatable bonds is 6. The van der Waals surface area contributed by atoms with Gasteiger partial charge in [-0.1, -0.05) is 40.2 Å². The van der Waals surface area contributed by atoms with Crippen LogP contribution in [0.3, 0.4) is 0 Å². The summed E-state index contributed by atoms with van der Waals surface area (Å²) in [5.41, 5.74) is 0.800. The van der Waals surface area contributed by atoms with Crippen LogP contribution in [0, 0.1) is 11.8 Å². The van der Waals surface area contributed by atoms with Gasteiger partial charge in [0.15, 0.2) is 11.5 Å². The van der Waals surface area contributed by atoms with Crippen molar-refractivity contribution in [2.24, 2.45) is 11.8 Å². The fourth-order valence-corrected chi connectivity index (χ4v) is 2.46. The molecule has 0 fully saturated rings. The van der Waals surface area contributed by atoms with Crippen molar-refractivity contribution >= 4 is 11.6 Å². The molecule has 0 aliphatic carbocycles. The highest BCUT2D eigenvalue weighted by atomic mass is 16.1. The number of carbonyl (C=O) groups is 1. The lowest BCUT2D eigenvalue weighted by Gasteiger charge is -2.22. The van der Waals surface area contributed by atoms with Crippen molar-refractivity contribution in [3.05, 3.63) is 30.2 Å². The van der Waals surface area contributed by atoms with Crippen molar-refractivity contribution in [1.82, 2.24) is 19.9 Å². The van der Waals surface area contributed by atoms with Gasteiger partial charge < -0.3 is 5.32 Å². The molecule has 1 N–H and O–H groups in total. The molecule has 2 heterocycles. The van der Waals surface area contributed by atoms with Crippen LogP contribution < -0.4 is 5.32 Å². The Hall–Kier alpha value is -1.91. The van der Waals surface area contributed by atoms with E-state index in [1.807, 2.05) is 35.7 Å². The number of fused-ring (bicyclic) bond motifs is 1. The summed E-state index contributed by atoms with van der Waals surface area (Å²) >= 11 is 0. The van der Waals surface area contributed by atoms with E-state index in [0.29, 0.717) is 0 Å². The van der Waals surface area contributed by atoms with E-state index in [2.05, 4.69) is 36.3 Å². The second-order valence-electron chi connectivity index (χ2n) is 5.91. The molecule has 0 saturated heterocycles. The van der Waals surface area contributed by atoms with E-state index in [0.717, 1.165) is 24.3 Å². The van der Waals surface area contributed by atoms with E-state index in [-0.39, 0.29) is 23.8 Å². The van der Waals surface area contributed by atoms with Crippen molar-refractivity contribution in [3.63, 3.8) is 0 Å². The maximum Gasteiger partial charge on any atom is 0.223 e. The number of pyridine rings is 1. The largest absolute Gasteiger partial charge is 0.346 e. The number of hydrogen-bond donors (Lipinski definition) is 1. The van der Waals surface area contributed by atoms with Gasteiger partial charge in [-0.2, -0.15) is 0 Å². The number of nitrogens with zero attached hydrogens (tertiary/aromatic N) is 3. The Bertz CT molecular complexity index is 605. The summed E-state index contributed by atoms with van der Waals surface area (Å²) in [6, 6.07) is 5.66. The molecule has 0 aromatic carbocycles. The van der Waals surface area contributed by atoms with Crippen LogP contribution in [0.2, 0.25) is 0 Å². The predicted molar refractivity (Wildman–Crippen MR) is 82.8 cm³/mol. The highest BCUT2D eigenvalue weighted by Gasteiger charge is 2.25. The highest BCUT2D eigenvalue weighted by Crippen LogP contribution is 2.21. The summed E-state index contributed by atoms with van der Waals surface area (Å²) in [4.78, 5) is 12.3. The Labute approximate surface area is 125 Å². The molecule has 2 rings (SSSR count). The van der Waals surface area contributed by atoms with Gasteiger partial charge in [0, 0.05) is 12.1 Å². The molecule has 114 valence electrons. The number of aromatic nitrogens is 3. The smallest absolute Gasteiger partial charge is 0.223 e. The van der Waals surface area contributed by atoms with Gasteiger partial charge in [-0.25, -0.2) is 0 Å². The van der Waals surface area contributed by atoms with Crippen LogP contribution in [0.15, 0.2) is 24.4 Å². The fraction of sp³-hybridized carbons (Fsp3) is 0.562. The summed E-state index contributed by atoms with van der Waals surface area (Å²) in [5, 5.41) is 11.6. The summed E-state index contributed by atoms with van der Waals surface area (Å²) in [6.07, 6.45) is 3.84. The first-order valence-electron chi connectivity index (χ1n) is 7.64. The van der Waals surface area contributed by atoms with Gasteiger partial charge in [-0.05, 0) is 24.5 Å². The minimum Gasteiger partial charge on any atom is -0.346 e. The van der Waals surface area contributed by atoms with Crippen LogP contribution in [0.4, 0.5) is 0 Å². The second kappa shape index (κ2) is 6.70. The molecule has 1 amide bonds. The number of nitrogens with one attached hydrogen (secondary N) is 1. The molecule has 5 nitrogen and oxygen atoms in total. The van der Waals surface area contributed by atoms with Gasteiger partial charge >= 0.3 is 0 Å². The van der Waals surface area contributed by atoms with Gasteiger partial charge in [0.05, 0.1) is 6.04 Å². The third-order valence-corrected chi connectivity index (χ3v) is 3.75. The molecule has 0 saturated carbocycles. The van der Waals surface area contributed by atoms with Gasteiger partial charge in [0.1, 0.15) is 0 Å². The Morgan fingerprint density at radius 1 is 1.29 bits per heavy atom. The molecule has 0 unspecified atom stereocenters. The number of carbonyl (C=O) groups excluding carboxylic acids is 1.